The Hall–Kier alpha value is -1.29. The van der Waals surface area contributed by atoms with E-state index in [9.17, 15) is 9.59 Å². The first-order valence-electron chi connectivity index (χ1n) is 5.77. The van der Waals surface area contributed by atoms with Gasteiger partial charge in [0.15, 0.2) is 0 Å². The smallest absolute Gasteiger partial charge is 0.237 e. The number of aldehydes is 1. The van der Waals surface area contributed by atoms with Gasteiger partial charge in [0.05, 0.1) is 5.25 Å². The molecule has 3 nitrogen and oxygen atoms in total. The van der Waals surface area contributed by atoms with Crippen molar-refractivity contribution in [1.29, 1.82) is 0 Å². The highest BCUT2D eigenvalue weighted by Gasteiger charge is 2.21. The first-order valence-corrected chi connectivity index (χ1v) is 6.82. The third-order valence-electron chi connectivity index (χ3n) is 2.76. The van der Waals surface area contributed by atoms with Crippen LogP contribution in [0.2, 0.25) is 0 Å². The molecule has 1 aliphatic rings. The minimum absolute atomic E-state index is 0.0535. The second-order valence-electron chi connectivity index (χ2n) is 4.09. The highest BCUT2D eigenvalue weighted by atomic mass is 32.2. The van der Waals surface area contributed by atoms with Gasteiger partial charge in [-0.15, -0.1) is 11.8 Å². The van der Waals surface area contributed by atoms with Crippen LogP contribution in [0.25, 0.3) is 0 Å². The van der Waals surface area contributed by atoms with E-state index in [1.54, 1.807) is 36.0 Å². The van der Waals surface area contributed by atoms with Crippen LogP contribution in [-0.4, -0.2) is 23.2 Å². The molecular weight excluding hydrogens is 234 g/mol. The minimum Gasteiger partial charge on any atom is -0.325 e. The molecular formula is C13H15NO2S. The van der Waals surface area contributed by atoms with E-state index in [2.05, 4.69) is 5.32 Å². The first kappa shape index (κ1) is 12.2. The maximum atomic E-state index is 11.9. The molecule has 1 heterocycles. The largest absolute Gasteiger partial charge is 0.325 e. The standard InChI is InChI=1S/C13H15NO2S/c15-9-10-4-3-5-11(8-10)14-13(16)12-6-1-2-7-17-12/h3-5,8-9,12H,1-2,6-7H2,(H,14,16). The molecule has 2 rings (SSSR count). The van der Waals surface area contributed by atoms with Gasteiger partial charge in [0.1, 0.15) is 6.29 Å². The zero-order valence-electron chi connectivity index (χ0n) is 9.52. The van der Waals surface area contributed by atoms with Crippen molar-refractivity contribution in [2.75, 3.05) is 11.1 Å². The highest BCUT2D eigenvalue weighted by Crippen LogP contribution is 2.26. The summed E-state index contributed by atoms with van der Waals surface area (Å²) in [5.41, 5.74) is 1.28. The average molecular weight is 249 g/mol. The number of nitrogens with one attached hydrogen (secondary N) is 1. The van der Waals surface area contributed by atoms with Crippen LogP contribution in [0, 0.1) is 0 Å². The van der Waals surface area contributed by atoms with Crippen molar-refractivity contribution in [3.8, 4) is 0 Å². The van der Waals surface area contributed by atoms with Gasteiger partial charge in [-0.25, -0.2) is 0 Å². The number of benzene rings is 1. The lowest BCUT2D eigenvalue weighted by molar-refractivity contribution is -0.115. The lowest BCUT2D eigenvalue weighted by Crippen LogP contribution is -2.27. The Kier molecular flexibility index (Phi) is 4.20. The molecule has 17 heavy (non-hydrogen) atoms. The summed E-state index contributed by atoms with van der Waals surface area (Å²) >= 11 is 1.72. The summed E-state index contributed by atoms with van der Waals surface area (Å²) in [6, 6.07) is 6.99. The predicted octanol–water partition coefficient (Wildman–Crippen LogP) is 2.72. The highest BCUT2D eigenvalue weighted by molar-refractivity contribution is 8.00. The Morgan fingerprint density at radius 1 is 1.41 bits per heavy atom. The summed E-state index contributed by atoms with van der Waals surface area (Å²) in [7, 11) is 0. The van der Waals surface area contributed by atoms with Gasteiger partial charge in [0.2, 0.25) is 5.91 Å². The Labute approximate surface area is 105 Å². The fourth-order valence-corrected chi connectivity index (χ4v) is 3.06. The Morgan fingerprint density at radius 2 is 2.29 bits per heavy atom. The fourth-order valence-electron chi connectivity index (χ4n) is 1.86. The van der Waals surface area contributed by atoms with E-state index in [1.807, 2.05) is 0 Å². The van der Waals surface area contributed by atoms with Gasteiger partial charge >= 0.3 is 0 Å². The molecule has 90 valence electrons. The SMILES string of the molecule is O=Cc1cccc(NC(=O)C2CCCCS2)c1. The van der Waals surface area contributed by atoms with Crippen molar-refractivity contribution < 1.29 is 9.59 Å². The third-order valence-corrected chi connectivity index (χ3v) is 4.14. The Balaban J connectivity index is 1.99. The van der Waals surface area contributed by atoms with Gasteiger partial charge in [-0.05, 0) is 30.7 Å². The van der Waals surface area contributed by atoms with E-state index in [0.29, 0.717) is 11.3 Å². The lowest BCUT2D eigenvalue weighted by Gasteiger charge is -2.20. The van der Waals surface area contributed by atoms with Gasteiger partial charge in [0.25, 0.3) is 0 Å². The van der Waals surface area contributed by atoms with Crippen molar-refractivity contribution in [1.82, 2.24) is 0 Å². The summed E-state index contributed by atoms with van der Waals surface area (Å²) < 4.78 is 0. The zero-order chi connectivity index (χ0) is 12.1. The van der Waals surface area contributed by atoms with E-state index < -0.39 is 0 Å². The molecule has 1 saturated heterocycles. The molecule has 0 aliphatic carbocycles. The number of thioether (sulfide) groups is 1. The Morgan fingerprint density at radius 3 is 3.00 bits per heavy atom. The summed E-state index contributed by atoms with van der Waals surface area (Å²) in [6.07, 6.45) is 4.06. The van der Waals surface area contributed by atoms with Crippen molar-refractivity contribution >= 4 is 29.6 Å². The summed E-state index contributed by atoms with van der Waals surface area (Å²) in [5.74, 6) is 1.12. The third kappa shape index (κ3) is 3.33. The van der Waals surface area contributed by atoms with Gasteiger partial charge in [0, 0.05) is 11.3 Å². The second-order valence-corrected chi connectivity index (χ2v) is 5.40. The number of carbonyl (C=O) groups is 2. The molecule has 0 bridgehead atoms. The molecule has 1 aromatic carbocycles. The summed E-state index contributed by atoms with van der Waals surface area (Å²) in [6.45, 7) is 0. The normalized spacial score (nSPS) is 19.6. The van der Waals surface area contributed by atoms with Crippen molar-refractivity contribution in [3.05, 3.63) is 29.8 Å². The van der Waals surface area contributed by atoms with Crippen LogP contribution in [0.3, 0.4) is 0 Å². The molecule has 1 N–H and O–H groups in total. The first-order chi connectivity index (χ1) is 8.29. The fraction of sp³-hybridized carbons (Fsp3) is 0.385. The molecule has 1 aliphatic heterocycles. The van der Waals surface area contributed by atoms with Crippen LogP contribution in [0.1, 0.15) is 29.6 Å². The Bertz CT molecular complexity index is 414. The maximum Gasteiger partial charge on any atom is 0.237 e. The topological polar surface area (TPSA) is 46.2 Å². The monoisotopic (exact) mass is 249 g/mol. The average Bonchev–Trinajstić information content (AvgIpc) is 2.40. The molecule has 0 radical (unpaired) electrons. The van der Waals surface area contributed by atoms with Gasteiger partial charge in [-0.2, -0.15) is 0 Å². The molecule has 1 atom stereocenters. The number of rotatable bonds is 3. The van der Waals surface area contributed by atoms with E-state index in [1.165, 1.54) is 6.42 Å². The molecule has 1 aromatic rings. The zero-order valence-corrected chi connectivity index (χ0v) is 10.3. The van der Waals surface area contributed by atoms with E-state index in [0.717, 1.165) is 24.9 Å². The van der Waals surface area contributed by atoms with Gasteiger partial charge in [-0.3, -0.25) is 9.59 Å². The van der Waals surface area contributed by atoms with Gasteiger partial charge < -0.3 is 5.32 Å². The molecule has 0 spiro atoms. The van der Waals surface area contributed by atoms with Crippen LogP contribution in [0.15, 0.2) is 24.3 Å². The quantitative estimate of drug-likeness (QED) is 0.838. The molecule has 1 amide bonds. The number of carbonyl (C=O) groups excluding carboxylic acids is 2. The van der Waals surface area contributed by atoms with Crippen LogP contribution in [0.4, 0.5) is 5.69 Å². The van der Waals surface area contributed by atoms with Crippen LogP contribution in [-0.2, 0) is 4.79 Å². The molecule has 0 saturated carbocycles. The summed E-state index contributed by atoms with van der Waals surface area (Å²) in [5, 5.41) is 2.93. The minimum atomic E-state index is 0.0535. The van der Waals surface area contributed by atoms with E-state index in [4.69, 9.17) is 0 Å². The summed E-state index contributed by atoms with van der Waals surface area (Å²) in [4.78, 5) is 22.6. The van der Waals surface area contributed by atoms with Crippen molar-refractivity contribution in [2.24, 2.45) is 0 Å². The lowest BCUT2D eigenvalue weighted by atomic mass is 10.1. The van der Waals surface area contributed by atoms with Crippen LogP contribution >= 0.6 is 11.8 Å². The van der Waals surface area contributed by atoms with E-state index >= 15 is 0 Å². The van der Waals surface area contributed by atoms with Crippen LogP contribution < -0.4 is 5.32 Å². The van der Waals surface area contributed by atoms with E-state index in [-0.39, 0.29) is 11.2 Å². The number of hydrogen-bond donors (Lipinski definition) is 1. The molecule has 0 aromatic heterocycles. The predicted molar refractivity (Wildman–Crippen MR) is 70.6 cm³/mol. The molecule has 1 unspecified atom stereocenters. The number of anilines is 1. The maximum absolute atomic E-state index is 11.9. The number of amides is 1. The van der Waals surface area contributed by atoms with Crippen LogP contribution in [0.5, 0.6) is 0 Å². The molecule has 1 fully saturated rings. The molecule has 4 heteroatoms. The van der Waals surface area contributed by atoms with Crippen molar-refractivity contribution in [3.63, 3.8) is 0 Å². The second kappa shape index (κ2) is 5.87. The van der Waals surface area contributed by atoms with Gasteiger partial charge in [-0.1, -0.05) is 18.6 Å². The number of hydrogen-bond acceptors (Lipinski definition) is 3. The van der Waals surface area contributed by atoms with Crippen molar-refractivity contribution in [2.45, 2.75) is 24.5 Å².